The van der Waals surface area contributed by atoms with Crippen LogP contribution < -0.4 is 4.74 Å². The fourth-order valence-corrected chi connectivity index (χ4v) is 8.04. The molecule has 0 aliphatic heterocycles. The lowest BCUT2D eigenvalue weighted by Gasteiger charge is -2.56. The molecule has 4 aliphatic carbocycles. The van der Waals surface area contributed by atoms with Gasteiger partial charge in [0.05, 0.1) is 5.69 Å². The van der Waals surface area contributed by atoms with Crippen LogP contribution in [0.2, 0.25) is 0 Å². The lowest BCUT2D eigenvalue weighted by Crippen LogP contribution is -2.49. The van der Waals surface area contributed by atoms with Gasteiger partial charge in [0, 0.05) is 16.7 Å². The Hall–Kier alpha value is -2.65. The molecular formula is C30H34FNO5P+. The first-order chi connectivity index (χ1) is 18.0. The Morgan fingerprint density at radius 2 is 1.71 bits per heavy atom. The maximum atomic E-state index is 13.9. The molecule has 2 aromatic rings. The number of aromatic nitrogens is 1. The van der Waals surface area contributed by atoms with Gasteiger partial charge in [-0.3, -0.25) is 4.98 Å². The second-order valence-electron chi connectivity index (χ2n) is 11.9. The number of hydrogen-bond donors (Lipinski definition) is 2. The number of aliphatic hydroxyl groups is 1. The Morgan fingerprint density at radius 1 is 1.16 bits per heavy atom. The summed E-state index contributed by atoms with van der Waals surface area (Å²) in [4.78, 5) is 28.5. The number of pyridine rings is 1. The largest absolute Gasteiger partial charge is 0.540 e. The molecule has 6 nitrogen and oxygen atoms in total. The number of hydrogen-bond acceptors (Lipinski definition) is 5. The number of carbonyl (C=O) groups is 1. The van der Waals surface area contributed by atoms with Crippen LogP contribution in [0.1, 0.15) is 76.6 Å². The highest BCUT2D eigenvalue weighted by Gasteiger charge is 2.62. The van der Waals surface area contributed by atoms with Gasteiger partial charge in [-0.1, -0.05) is 26.0 Å². The molecule has 6 rings (SSSR count). The van der Waals surface area contributed by atoms with E-state index in [2.05, 4.69) is 0 Å². The van der Waals surface area contributed by atoms with Crippen molar-refractivity contribution in [1.82, 2.24) is 4.98 Å². The van der Waals surface area contributed by atoms with Crippen molar-refractivity contribution >= 4 is 14.0 Å². The normalized spacial score (nSPS) is 28.5. The van der Waals surface area contributed by atoms with Crippen LogP contribution in [0, 0.1) is 35.9 Å². The van der Waals surface area contributed by atoms with Gasteiger partial charge in [-0.2, -0.15) is 4.89 Å². The first-order valence-corrected chi connectivity index (χ1v) is 14.6. The number of terminal acetylenes is 1. The minimum absolute atomic E-state index is 0.0493. The predicted molar refractivity (Wildman–Crippen MR) is 142 cm³/mol. The van der Waals surface area contributed by atoms with Gasteiger partial charge in [0.2, 0.25) is 0 Å². The van der Waals surface area contributed by atoms with E-state index in [4.69, 9.17) is 16.1 Å². The fourth-order valence-electron chi connectivity index (χ4n) is 7.41. The average molecular weight is 539 g/mol. The molecule has 1 aromatic carbocycles. The molecule has 200 valence electrons. The Labute approximate surface area is 223 Å². The molecule has 1 heterocycles. The lowest BCUT2D eigenvalue weighted by molar-refractivity contribution is -0.138. The van der Waals surface area contributed by atoms with Crippen LogP contribution in [-0.2, 0) is 14.8 Å². The highest BCUT2D eigenvalue weighted by Crippen LogP contribution is 2.61. The van der Waals surface area contributed by atoms with Crippen molar-refractivity contribution in [1.29, 1.82) is 0 Å². The van der Waals surface area contributed by atoms with E-state index in [1.165, 1.54) is 38.3 Å². The summed E-state index contributed by atoms with van der Waals surface area (Å²) in [7, 11) is -3.32. The van der Waals surface area contributed by atoms with Crippen molar-refractivity contribution in [2.24, 2.45) is 17.8 Å². The van der Waals surface area contributed by atoms with Gasteiger partial charge >= 0.3 is 19.2 Å². The Morgan fingerprint density at radius 3 is 2.16 bits per heavy atom. The van der Waals surface area contributed by atoms with Crippen LogP contribution in [0.3, 0.4) is 0 Å². The summed E-state index contributed by atoms with van der Waals surface area (Å²) < 4.78 is 31.9. The van der Waals surface area contributed by atoms with Gasteiger partial charge in [0.1, 0.15) is 11.9 Å². The van der Waals surface area contributed by atoms with Crippen LogP contribution in [0.15, 0.2) is 30.3 Å². The third-order valence-corrected chi connectivity index (χ3v) is 10.2. The van der Waals surface area contributed by atoms with E-state index in [1.807, 2.05) is 25.8 Å². The van der Waals surface area contributed by atoms with Crippen LogP contribution in [0.4, 0.5) is 4.39 Å². The maximum absolute atomic E-state index is 13.9. The second-order valence-corrected chi connectivity index (χ2v) is 13.1. The summed E-state index contributed by atoms with van der Waals surface area (Å²) in [5.74, 6) is 2.45. The molecule has 3 unspecified atom stereocenters. The maximum Gasteiger partial charge on any atom is 0.540 e. The third kappa shape index (κ3) is 4.37. The van der Waals surface area contributed by atoms with Crippen LogP contribution >= 0.6 is 8.03 Å². The topological polar surface area (TPSA) is 96.7 Å². The fraction of sp³-hybridized carbons (Fsp3) is 0.533. The van der Waals surface area contributed by atoms with Crippen LogP contribution in [-0.4, -0.2) is 32.2 Å². The quantitative estimate of drug-likeness (QED) is 0.260. The summed E-state index contributed by atoms with van der Waals surface area (Å²) in [5, 5.41) is 7.83. The van der Waals surface area contributed by atoms with Gasteiger partial charge in [0.25, 0.3) is 0 Å². The molecular weight excluding hydrogens is 504 g/mol. The molecule has 0 spiro atoms. The number of carbonyl (C=O) groups excluding carboxylic acids is 1. The zero-order chi connectivity index (χ0) is 27.4. The molecule has 3 atom stereocenters. The second kappa shape index (κ2) is 9.83. The molecule has 0 saturated heterocycles. The van der Waals surface area contributed by atoms with Gasteiger partial charge in [0.15, 0.2) is 5.75 Å². The van der Waals surface area contributed by atoms with Gasteiger partial charge in [-0.05, 0) is 103 Å². The van der Waals surface area contributed by atoms with Crippen molar-refractivity contribution < 1.29 is 28.5 Å². The summed E-state index contributed by atoms with van der Waals surface area (Å²) in [6.45, 7) is 5.06. The molecule has 0 radical (unpaired) electrons. The molecule has 2 N–H and O–H groups in total. The summed E-state index contributed by atoms with van der Waals surface area (Å²) in [6, 6.07) is 7.87. The van der Waals surface area contributed by atoms with Crippen LogP contribution in [0.5, 0.6) is 5.75 Å². The van der Waals surface area contributed by atoms with E-state index in [0.717, 1.165) is 25.0 Å². The van der Waals surface area contributed by atoms with E-state index in [9.17, 15) is 23.7 Å². The molecule has 4 fully saturated rings. The van der Waals surface area contributed by atoms with Gasteiger partial charge < -0.3 is 9.84 Å². The Kier molecular flexibility index (Phi) is 6.97. The average Bonchev–Trinajstić information content (AvgIpc) is 2.84. The van der Waals surface area contributed by atoms with Crippen LogP contribution in [0.25, 0.3) is 11.1 Å². The molecule has 4 saturated carbocycles. The van der Waals surface area contributed by atoms with Crippen molar-refractivity contribution in [3.8, 4) is 29.2 Å². The monoisotopic (exact) mass is 538 g/mol. The minimum atomic E-state index is -3.32. The van der Waals surface area contributed by atoms with Crippen molar-refractivity contribution in [3.05, 3.63) is 47.5 Å². The smallest absolute Gasteiger partial charge is 0.419 e. The van der Waals surface area contributed by atoms with Crippen molar-refractivity contribution in [2.45, 2.75) is 81.9 Å². The number of rotatable bonds is 7. The number of aliphatic hydroxyl groups excluding tert-OH is 1. The van der Waals surface area contributed by atoms with E-state index >= 15 is 0 Å². The summed E-state index contributed by atoms with van der Waals surface area (Å²) in [5.41, 5.74) is 2.61. The summed E-state index contributed by atoms with van der Waals surface area (Å²) in [6.07, 6.45) is 11.0. The van der Waals surface area contributed by atoms with Gasteiger partial charge in [-0.15, -0.1) is 6.42 Å². The van der Waals surface area contributed by atoms with Gasteiger partial charge in [-0.25, -0.2) is 9.18 Å². The summed E-state index contributed by atoms with van der Waals surface area (Å²) >= 11 is 0. The highest BCUT2D eigenvalue weighted by molar-refractivity contribution is 7.42. The van der Waals surface area contributed by atoms with Crippen molar-refractivity contribution in [3.63, 3.8) is 0 Å². The standard InChI is InChI=1S/C30H33FNO5P/c1-5-30(18(4)33,38(35)36)28(34)37-27-24(22-6-8-23(31)9-7-22)13-25(32-26(27)17(2)3)29-14-19-10-20(15-29)12-21(11-19)16-29/h1,6-9,13,17-21,33H,10-12,14-16H2,2-4H3/p+1. The highest BCUT2D eigenvalue weighted by atomic mass is 31.1. The SMILES string of the molecule is C#CC(C(=O)Oc1c(-c2ccc(F)cc2)cc(C23CC4CC(CC(C4)C2)C3)nc1C(C)C)(C(C)O)[P+](=O)O. The molecule has 8 heteroatoms. The number of nitrogens with zero attached hydrogens (tertiary/aromatic N) is 1. The Balaban J connectivity index is 1.68. The number of halogens is 1. The number of benzene rings is 1. The van der Waals surface area contributed by atoms with E-state index in [1.54, 1.807) is 12.1 Å². The van der Waals surface area contributed by atoms with E-state index < -0.39 is 31.1 Å². The zero-order valence-corrected chi connectivity index (χ0v) is 22.9. The van der Waals surface area contributed by atoms with E-state index in [-0.39, 0.29) is 17.1 Å². The first kappa shape index (κ1) is 26.9. The van der Waals surface area contributed by atoms with E-state index in [0.29, 0.717) is 34.6 Å². The third-order valence-electron chi connectivity index (χ3n) is 8.92. The van der Waals surface area contributed by atoms with Crippen molar-refractivity contribution in [2.75, 3.05) is 0 Å². The number of esters is 1. The predicted octanol–water partition coefficient (Wildman–Crippen LogP) is 5.87. The first-order valence-electron chi connectivity index (χ1n) is 13.3. The molecule has 38 heavy (non-hydrogen) atoms. The molecule has 4 bridgehead atoms. The zero-order valence-electron chi connectivity index (χ0n) is 22.0. The number of ether oxygens (including phenoxy) is 1. The molecule has 1 aromatic heterocycles. The Bertz CT molecular complexity index is 1280. The molecule has 4 aliphatic rings. The minimum Gasteiger partial charge on any atom is -0.419 e. The lowest BCUT2D eigenvalue weighted by atomic mass is 9.48. The molecule has 0 amide bonds.